The van der Waals surface area contributed by atoms with E-state index in [1.165, 1.54) is 0 Å². The van der Waals surface area contributed by atoms with Crippen LogP contribution in [0.5, 0.6) is 0 Å². The van der Waals surface area contributed by atoms with Gasteiger partial charge < -0.3 is 9.88 Å². The minimum absolute atomic E-state index is 0.671. The third kappa shape index (κ3) is 2.34. The first-order valence-corrected chi connectivity index (χ1v) is 6.20. The van der Waals surface area contributed by atoms with Crippen molar-refractivity contribution in [1.29, 1.82) is 0 Å². The zero-order valence-corrected chi connectivity index (χ0v) is 11.4. The van der Waals surface area contributed by atoms with Crippen LogP contribution in [0.3, 0.4) is 0 Å². The molecule has 2 heterocycles. The average molecular weight is 245 g/mol. The van der Waals surface area contributed by atoms with E-state index in [0.717, 1.165) is 35.9 Å². The molecule has 2 aromatic rings. The lowest BCUT2D eigenvalue weighted by molar-refractivity contribution is 0.895. The molecule has 5 heteroatoms. The number of nitrogens with zero attached hydrogens (tertiary/aromatic N) is 4. The van der Waals surface area contributed by atoms with Crippen molar-refractivity contribution in [3.8, 4) is 11.6 Å². The van der Waals surface area contributed by atoms with Crippen LogP contribution in [0.1, 0.15) is 24.6 Å². The minimum Gasteiger partial charge on any atom is -0.370 e. The van der Waals surface area contributed by atoms with E-state index < -0.39 is 0 Å². The van der Waals surface area contributed by atoms with E-state index in [1.54, 1.807) is 6.20 Å². The highest BCUT2D eigenvalue weighted by Crippen LogP contribution is 2.20. The van der Waals surface area contributed by atoms with Crippen LogP contribution >= 0.6 is 0 Å². The summed E-state index contributed by atoms with van der Waals surface area (Å²) in [6.45, 7) is 7.09. The lowest BCUT2D eigenvalue weighted by atomic mass is 10.2. The summed E-state index contributed by atoms with van der Waals surface area (Å²) < 4.78 is 1.92. The molecular formula is C13H19N5. The second-order valence-electron chi connectivity index (χ2n) is 4.39. The van der Waals surface area contributed by atoms with Crippen molar-refractivity contribution in [3.63, 3.8) is 0 Å². The second kappa shape index (κ2) is 5.16. The van der Waals surface area contributed by atoms with Crippen LogP contribution in [-0.4, -0.2) is 26.1 Å². The van der Waals surface area contributed by atoms with Crippen LogP contribution in [0, 0.1) is 13.8 Å². The maximum Gasteiger partial charge on any atom is 0.198 e. The van der Waals surface area contributed by atoms with Gasteiger partial charge in [0.2, 0.25) is 0 Å². The lowest BCUT2D eigenvalue weighted by Crippen LogP contribution is -2.08. The summed E-state index contributed by atoms with van der Waals surface area (Å²) >= 11 is 0. The van der Waals surface area contributed by atoms with Crippen LogP contribution < -0.4 is 5.32 Å². The number of aryl methyl sites for hydroxylation is 2. The third-order valence-corrected chi connectivity index (χ3v) is 2.95. The number of hydrogen-bond donors (Lipinski definition) is 1. The van der Waals surface area contributed by atoms with Gasteiger partial charge in [-0.15, -0.1) is 0 Å². The van der Waals surface area contributed by atoms with Gasteiger partial charge >= 0.3 is 0 Å². The van der Waals surface area contributed by atoms with Gasteiger partial charge in [0.15, 0.2) is 11.6 Å². The zero-order valence-electron chi connectivity index (χ0n) is 11.4. The molecule has 0 bridgehead atoms. The highest BCUT2D eigenvalue weighted by atomic mass is 15.1. The Balaban J connectivity index is 2.44. The first-order chi connectivity index (χ1) is 8.63. The molecule has 2 rings (SSSR count). The molecule has 96 valence electrons. The molecule has 18 heavy (non-hydrogen) atoms. The summed E-state index contributed by atoms with van der Waals surface area (Å²) in [5.41, 5.74) is 2.09. The van der Waals surface area contributed by atoms with E-state index in [0.29, 0.717) is 5.82 Å². The van der Waals surface area contributed by atoms with E-state index in [-0.39, 0.29) is 0 Å². The average Bonchev–Trinajstić information content (AvgIpc) is 2.77. The first-order valence-electron chi connectivity index (χ1n) is 6.20. The molecule has 0 fully saturated rings. The maximum absolute atomic E-state index is 4.57. The molecule has 0 spiro atoms. The van der Waals surface area contributed by atoms with Crippen molar-refractivity contribution in [3.05, 3.63) is 23.7 Å². The van der Waals surface area contributed by atoms with E-state index in [2.05, 4.69) is 27.2 Å². The predicted molar refractivity (Wildman–Crippen MR) is 72.5 cm³/mol. The number of imidazole rings is 1. The molecule has 0 aliphatic heterocycles. The molecule has 0 aliphatic carbocycles. The molecule has 0 unspecified atom stereocenters. The van der Waals surface area contributed by atoms with Gasteiger partial charge in [-0.05, 0) is 20.3 Å². The molecule has 0 aromatic carbocycles. The van der Waals surface area contributed by atoms with Gasteiger partial charge in [0, 0.05) is 37.2 Å². The SMILES string of the molecule is CCCNc1nc(-c2nccn2C)nc(C)c1C. The monoisotopic (exact) mass is 245 g/mol. The maximum atomic E-state index is 4.57. The fraction of sp³-hybridized carbons (Fsp3) is 0.462. The van der Waals surface area contributed by atoms with Crippen molar-refractivity contribution in [2.24, 2.45) is 7.05 Å². The van der Waals surface area contributed by atoms with E-state index in [9.17, 15) is 0 Å². The van der Waals surface area contributed by atoms with Gasteiger partial charge in [-0.1, -0.05) is 6.92 Å². The molecule has 0 saturated heterocycles. The summed E-state index contributed by atoms with van der Waals surface area (Å²) in [4.78, 5) is 13.4. The number of rotatable bonds is 4. The first kappa shape index (κ1) is 12.5. The van der Waals surface area contributed by atoms with Gasteiger partial charge in [0.05, 0.1) is 0 Å². The second-order valence-corrected chi connectivity index (χ2v) is 4.39. The Kier molecular flexibility index (Phi) is 3.60. The topological polar surface area (TPSA) is 55.6 Å². The fourth-order valence-electron chi connectivity index (χ4n) is 1.73. The Labute approximate surface area is 107 Å². The van der Waals surface area contributed by atoms with Gasteiger partial charge in [-0.2, -0.15) is 0 Å². The molecular weight excluding hydrogens is 226 g/mol. The minimum atomic E-state index is 0.671. The summed E-state index contributed by atoms with van der Waals surface area (Å²) in [5.74, 6) is 2.37. The fourth-order valence-corrected chi connectivity index (χ4v) is 1.73. The molecule has 0 saturated carbocycles. The summed E-state index contributed by atoms with van der Waals surface area (Å²) in [5, 5.41) is 3.34. The largest absolute Gasteiger partial charge is 0.370 e. The van der Waals surface area contributed by atoms with Gasteiger partial charge in [-0.3, -0.25) is 0 Å². The Morgan fingerprint density at radius 2 is 2.06 bits per heavy atom. The Hall–Kier alpha value is -1.91. The highest BCUT2D eigenvalue weighted by Gasteiger charge is 2.12. The highest BCUT2D eigenvalue weighted by molar-refractivity contribution is 5.54. The number of nitrogens with one attached hydrogen (secondary N) is 1. The van der Waals surface area contributed by atoms with E-state index >= 15 is 0 Å². The van der Waals surface area contributed by atoms with E-state index in [4.69, 9.17) is 0 Å². The molecule has 0 aliphatic rings. The van der Waals surface area contributed by atoms with Crippen molar-refractivity contribution < 1.29 is 0 Å². The van der Waals surface area contributed by atoms with Gasteiger partial charge in [0.25, 0.3) is 0 Å². The molecule has 1 N–H and O–H groups in total. The third-order valence-electron chi connectivity index (χ3n) is 2.95. The van der Waals surface area contributed by atoms with Crippen LogP contribution in [0.4, 0.5) is 5.82 Å². The summed E-state index contributed by atoms with van der Waals surface area (Å²) in [6, 6.07) is 0. The Bertz CT molecular complexity index is 544. The predicted octanol–water partition coefficient (Wildman–Crippen LogP) is 2.32. The number of hydrogen-bond acceptors (Lipinski definition) is 4. The normalized spacial score (nSPS) is 10.7. The van der Waals surface area contributed by atoms with Crippen molar-refractivity contribution in [2.45, 2.75) is 27.2 Å². The smallest absolute Gasteiger partial charge is 0.198 e. The molecule has 0 atom stereocenters. The number of anilines is 1. The Morgan fingerprint density at radius 1 is 1.28 bits per heavy atom. The molecule has 5 nitrogen and oxygen atoms in total. The van der Waals surface area contributed by atoms with Crippen molar-refractivity contribution in [1.82, 2.24) is 19.5 Å². The molecule has 0 amide bonds. The van der Waals surface area contributed by atoms with Crippen LogP contribution in [0.2, 0.25) is 0 Å². The quantitative estimate of drug-likeness (QED) is 0.898. The zero-order chi connectivity index (χ0) is 13.1. The number of aromatic nitrogens is 4. The van der Waals surface area contributed by atoms with Gasteiger partial charge in [0.1, 0.15) is 5.82 Å². The lowest BCUT2D eigenvalue weighted by Gasteiger charge is -2.11. The summed E-state index contributed by atoms with van der Waals surface area (Å²) in [6.07, 6.45) is 4.72. The molecule has 2 aromatic heterocycles. The Morgan fingerprint density at radius 3 is 2.67 bits per heavy atom. The summed E-state index contributed by atoms with van der Waals surface area (Å²) in [7, 11) is 1.94. The van der Waals surface area contributed by atoms with E-state index in [1.807, 2.05) is 31.7 Å². The molecule has 0 radical (unpaired) electrons. The standard InChI is InChI=1S/C13H19N5/c1-5-6-14-11-9(2)10(3)16-12(17-11)13-15-7-8-18(13)4/h7-8H,5-6H2,1-4H3,(H,14,16,17). The van der Waals surface area contributed by atoms with Crippen LogP contribution in [-0.2, 0) is 7.05 Å². The van der Waals surface area contributed by atoms with Crippen LogP contribution in [0.25, 0.3) is 11.6 Å². The van der Waals surface area contributed by atoms with Gasteiger partial charge in [-0.25, -0.2) is 15.0 Å². The van der Waals surface area contributed by atoms with Crippen molar-refractivity contribution in [2.75, 3.05) is 11.9 Å². The van der Waals surface area contributed by atoms with Crippen molar-refractivity contribution >= 4 is 5.82 Å². The van der Waals surface area contributed by atoms with Crippen LogP contribution in [0.15, 0.2) is 12.4 Å².